The van der Waals surface area contributed by atoms with Crippen LogP contribution in [0, 0.1) is 0 Å². The molecule has 0 unspecified atom stereocenters. The molecule has 2 aromatic heterocycles. The van der Waals surface area contributed by atoms with Gasteiger partial charge in [0.05, 0.1) is 5.69 Å². The number of carbonyl (C=O) groups excluding carboxylic acids is 1. The highest BCUT2D eigenvalue weighted by Crippen LogP contribution is 2.32. The van der Waals surface area contributed by atoms with Crippen LogP contribution >= 0.6 is 0 Å². The van der Waals surface area contributed by atoms with E-state index in [0.717, 1.165) is 0 Å². The number of rotatable bonds is 5. The monoisotopic (exact) mass is 405 g/mol. The molecule has 0 saturated carbocycles. The lowest BCUT2D eigenvalue weighted by Crippen LogP contribution is -2.21. The Hall–Kier alpha value is -4.35. The molecule has 30 heavy (non-hydrogen) atoms. The Morgan fingerprint density at radius 1 is 1.07 bits per heavy atom. The van der Waals surface area contributed by atoms with Crippen LogP contribution in [0.1, 0.15) is 0 Å². The molecule has 1 amide bonds. The average Bonchev–Trinajstić information content (AvgIpc) is 3.46. The molecule has 0 fully saturated rings. The Bertz CT molecular complexity index is 1190. The van der Waals surface area contributed by atoms with Crippen molar-refractivity contribution in [3.05, 3.63) is 48.8 Å². The van der Waals surface area contributed by atoms with E-state index in [4.69, 9.17) is 9.47 Å². The zero-order valence-electron chi connectivity index (χ0n) is 15.5. The number of tetrazole rings is 2. The van der Waals surface area contributed by atoms with Crippen molar-refractivity contribution in [2.75, 3.05) is 18.5 Å². The summed E-state index contributed by atoms with van der Waals surface area (Å²) < 4.78 is 12.5. The lowest BCUT2D eigenvalue weighted by Gasteiger charge is -2.18. The summed E-state index contributed by atoms with van der Waals surface area (Å²) in [4.78, 5) is 13.6. The molecular formula is C18H15N9O3. The standard InChI is InChI=1S/C18H15N9O3/c28-17(20-12-5-6-15-16(9-12)30-8-7-29-15)10-27-22-18(21-24-27)13-3-1-2-4-14(13)26-11-19-23-25-26/h1-6,9,11H,7-8,10H2,(H,20,28). The third kappa shape index (κ3) is 3.53. The van der Waals surface area contributed by atoms with E-state index in [1.54, 1.807) is 18.2 Å². The maximum Gasteiger partial charge on any atom is 0.248 e. The molecule has 0 bridgehead atoms. The van der Waals surface area contributed by atoms with Crippen LogP contribution in [-0.2, 0) is 11.3 Å². The number of ether oxygens (including phenoxy) is 2. The van der Waals surface area contributed by atoms with E-state index in [2.05, 4.69) is 36.3 Å². The van der Waals surface area contributed by atoms with Gasteiger partial charge in [-0.2, -0.15) is 9.48 Å². The number of nitrogens with one attached hydrogen (secondary N) is 1. The number of hydrogen-bond acceptors (Lipinski definition) is 9. The molecule has 1 N–H and O–H groups in total. The zero-order valence-corrected chi connectivity index (χ0v) is 15.5. The molecule has 0 spiro atoms. The predicted octanol–water partition coefficient (Wildman–Crippen LogP) is 0.726. The van der Waals surface area contributed by atoms with E-state index >= 15 is 0 Å². The number of aromatic nitrogens is 8. The quantitative estimate of drug-likeness (QED) is 0.509. The van der Waals surface area contributed by atoms with Crippen LogP contribution in [0.3, 0.4) is 0 Å². The van der Waals surface area contributed by atoms with Gasteiger partial charge in [0.2, 0.25) is 11.7 Å². The number of benzene rings is 2. The van der Waals surface area contributed by atoms with Gasteiger partial charge in [-0.05, 0) is 39.9 Å². The number of hydrogen-bond donors (Lipinski definition) is 1. The number of anilines is 1. The van der Waals surface area contributed by atoms with Crippen molar-refractivity contribution in [2.24, 2.45) is 0 Å². The van der Waals surface area contributed by atoms with Gasteiger partial charge in [0.15, 0.2) is 11.5 Å². The van der Waals surface area contributed by atoms with Gasteiger partial charge in [0.1, 0.15) is 26.1 Å². The Labute approximate surface area is 169 Å². The first-order valence-electron chi connectivity index (χ1n) is 9.06. The van der Waals surface area contributed by atoms with Crippen LogP contribution < -0.4 is 14.8 Å². The summed E-state index contributed by atoms with van der Waals surface area (Å²) in [7, 11) is 0. The highest BCUT2D eigenvalue weighted by Gasteiger charge is 2.16. The molecule has 5 rings (SSSR count). The van der Waals surface area contributed by atoms with Gasteiger partial charge >= 0.3 is 0 Å². The molecule has 0 atom stereocenters. The number of fused-ring (bicyclic) bond motifs is 1. The summed E-state index contributed by atoms with van der Waals surface area (Å²) >= 11 is 0. The summed E-state index contributed by atoms with van der Waals surface area (Å²) in [6.07, 6.45) is 1.48. The second-order valence-electron chi connectivity index (χ2n) is 6.32. The van der Waals surface area contributed by atoms with Crippen molar-refractivity contribution in [3.63, 3.8) is 0 Å². The Morgan fingerprint density at radius 3 is 2.80 bits per heavy atom. The normalized spacial score (nSPS) is 12.5. The minimum Gasteiger partial charge on any atom is -0.486 e. The van der Waals surface area contributed by atoms with Gasteiger partial charge in [-0.1, -0.05) is 12.1 Å². The van der Waals surface area contributed by atoms with E-state index < -0.39 is 0 Å². The van der Waals surface area contributed by atoms with Crippen molar-refractivity contribution in [1.29, 1.82) is 0 Å². The first-order valence-corrected chi connectivity index (χ1v) is 9.06. The molecule has 12 nitrogen and oxygen atoms in total. The molecule has 1 aliphatic heterocycles. The fourth-order valence-corrected chi connectivity index (χ4v) is 3.00. The van der Waals surface area contributed by atoms with E-state index in [9.17, 15) is 4.79 Å². The van der Waals surface area contributed by atoms with Gasteiger partial charge in [-0.15, -0.1) is 15.3 Å². The Morgan fingerprint density at radius 2 is 1.93 bits per heavy atom. The first-order chi connectivity index (χ1) is 14.8. The van der Waals surface area contributed by atoms with Crippen LogP contribution in [-0.4, -0.2) is 59.5 Å². The second kappa shape index (κ2) is 7.58. The fourth-order valence-electron chi connectivity index (χ4n) is 3.00. The minimum atomic E-state index is -0.301. The summed E-state index contributed by atoms with van der Waals surface area (Å²) in [5, 5.41) is 26.3. The highest BCUT2D eigenvalue weighted by molar-refractivity contribution is 5.90. The number of nitrogens with zero attached hydrogens (tertiary/aromatic N) is 8. The second-order valence-corrected chi connectivity index (χ2v) is 6.32. The van der Waals surface area contributed by atoms with E-state index in [0.29, 0.717) is 47.5 Å². The van der Waals surface area contributed by atoms with Crippen molar-refractivity contribution in [1.82, 2.24) is 40.4 Å². The molecule has 12 heteroatoms. The molecule has 0 radical (unpaired) electrons. The lowest BCUT2D eigenvalue weighted by molar-refractivity contribution is -0.117. The Balaban J connectivity index is 1.31. The molecule has 2 aromatic carbocycles. The van der Waals surface area contributed by atoms with Crippen LogP contribution in [0.25, 0.3) is 17.1 Å². The summed E-state index contributed by atoms with van der Waals surface area (Å²) in [6, 6.07) is 12.6. The van der Waals surface area contributed by atoms with Gasteiger partial charge in [-0.3, -0.25) is 4.79 Å². The molecular weight excluding hydrogens is 390 g/mol. The third-order valence-electron chi connectivity index (χ3n) is 4.30. The van der Waals surface area contributed by atoms with Crippen LogP contribution in [0.2, 0.25) is 0 Å². The summed E-state index contributed by atoms with van der Waals surface area (Å²) in [5.74, 6) is 1.31. The maximum absolute atomic E-state index is 12.4. The predicted molar refractivity (Wildman–Crippen MR) is 102 cm³/mol. The van der Waals surface area contributed by atoms with Crippen molar-refractivity contribution in [3.8, 4) is 28.6 Å². The minimum absolute atomic E-state index is 0.103. The molecule has 0 aliphatic carbocycles. The Kier molecular flexibility index (Phi) is 4.48. The molecule has 0 saturated heterocycles. The zero-order chi connectivity index (χ0) is 20.3. The topological polar surface area (TPSA) is 135 Å². The smallest absolute Gasteiger partial charge is 0.248 e. The van der Waals surface area contributed by atoms with E-state index in [1.807, 2.05) is 24.3 Å². The van der Waals surface area contributed by atoms with Gasteiger partial charge in [0, 0.05) is 17.3 Å². The molecule has 1 aliphatic rings. The third-order valence-corrected chi connectivity index (χ3v) is 4.30. The maximum atomic E-state index is 12.4. The van der Waals surface area contributed by atoms with Crippen LogP contribution in [0.15, 0.2) is 48.8 Å². The highest BCUT2D eigenvalue weighted by atomic mass is 16.6. The number of amides is 1. The number of carbonyl (C=O) groups is 1. The van der Waals surface area contributed by atoms with Crippen molar-refractivity contribution in [2.45, 2.75) is 6.54 Å². The summed E-state index contributed by atoms with van der Waals surface area (Å²) in [5.41, 5.74) is 1.97. The summed E-state index contributed by atoms with van der Waals surface area (Å²) in [6.45, 7) is 0.881. The average molecular weight is 405 g/mol. The van der Waals surface area contributed by atoms with E-state index in [1.165, 1.54) is 15.8 Å². The SMILES string of the molecule is O=C(Cn1nnc(-c2ccccc2-n2cnnn2)n1)Nc1ccc2c(c1)OCCO2. The van der Waals surface area contributed by atoms with Gasteiger partial charge in [-0.25, -0.2) is 0 Å². The van der Waals surface area contributed by atoms with E-state index in [-0.39, 0.29) is 12.5 Å². The number of para-hydroxylation sites is 1. The van der Waals surface area contributed by atoms with Gasteiger partial charge < -0.3 is 14.8 Å². The van der Waals surface area contributed by atoms with Crippen molar-refractivity contribution >= 4 is 11.6 Å². The molecule has 150 valence electrons. The lowest BCUT2D eigenvalue weighted by atomic mass is 10.1. The van der Waals surface area contributed by atoms with Crippen LogP contribution in [0.4, 0.5) is 5.69 Å². The first kappa shape index (κ1) is 17.7. The molecule has 3 heterocycles. The van der Waals surface area contributed by atoms with Crippen LogP contribution in [0.5, 0.6) is 11.5 Å². The fraction of sp³-hybridized carbons (Fsp3) is 0.167. The largest absolute Gasteiger partial charge is 0.486 e. The van der Waals surface area contributed by atoms with Gasteiger partial charge in [0.25, 0.3) is 0 Å². The van der Waals surface area contributed by atoms with Crippen molar-refractivity contribution < 1.29 is 14.3 Å². The molecule has 4 aromatic rings.